The molecule has 1 aromatic heterocycles. The van der Waals surface area contributed by atoms with E-state index in [4.69, 9.17) is 0 Å². The molecule has 2 saturated heterocycles. The summed E-state index contributed by atoms with van der Waals surface area (Å²) in [5.74, 6) is -9.68. The van der Waals surface area contributed by atoms with E-state index in [2.05, 4.69) is 47.5 Å². The molecular formula is C62H75N11O14. The molecule has 4 aromatic carbocycles. The van der Waals surface area contributed by atoms with Gasteiger partial charge in [-0.05, 0) is 78.3 Å². The van der Waals surface area contributed by atoms with E-state index in [-0.39, 0.29) is 56.6 Å². The smallest absolute Gasteiger partial charge is 0.303 e. The number of hydrogen-bond donors (Lipinski definition) is 12. The van der Waals surface area contributed by atoms with Gasteiger partial charge in [0.05, 0.1) is 19.6 Å². The molecule has 2 aliphatic rings. The van der Waals surface area contributed by atoms with Crippen molar-refractivity contribution in [2.45, 2.75) is 126 Å². The number of carboxylic acids is 1. The van der Waals surface area contributed by atoms with E-state index in [0.717, 1.165) is 27.1 Å². The zero-order valence-electron chi connectivity index (χ0n) is 48.5. The molecule has 12 N–H and O–H groups in total. The van der Waals surface area contributed by atoms with Crippen LogP contribution >= 0.6 is 0 Å². The van der Waals surface area contributed by atoms with Gasteiger partial charge in [0.1, 0.15) is 53.8 Å². The standard InChI is InChI=1S/C62H75N11O14/c1-3-4-6-16-45-57(82)70-49(32-40-33-63-44-15-10-9-14-43(40)44)56(81)65-35-53(77)67-47(29-38-18-22-41(74)23-19-38)58(83)69-46(26-27-55(79)80)62(87)73-28-11-17-50(73)60(85)66-34-52(76)64-36-54(78)72(2)51(31-37-12-7-5-8-13-37)61(86)71-48(59(84)68-45)30-39-20-24-42(75)25-21-39/h5,7-10,12-15,18-25,33,45-51,63,74-75H,3-4,6,11,16-17,26-32,34-36H2,1-2H3,(H,64,76)(H,65,81)(H,66,85)(H,67,77)(H,68,84)(H,69,83)(H,70,82)(H,71,86)(H,79,80)/t45-,46-,47-,48-,49-,50+,51-/m0/s1. The summed E-state index contributed by atoms with van der Waals surface area (Å²) in [5, 5.41) is 51.7. The molecule has 0 radical (unpaired) electrons. The van der Waals surface area contributed by atoms with Crippen LogP contribution in [-0.4, -0.2) is 171 Å². The number of phenols is 2. The van der Waals surface area contributed by atoms with Crippen LogP contribution in [0.15, 0.2) is 109 Å². The summed E-state index contributed by atoms with van der Waals surface area (Å²) in [6.45, 7) is -0.110. The van der Waals surface area contributed by atoms with Crippen LogP contribution in [0, 0.1) is 0 Å². The molecule has 5 aromatic rings. The third-order valence-corrected chi connectivity index (χ3v) is 15.3. The van der Waals surface area contributed by atoms with E-state index in [9.17, 15) is 68.1 Å². The number of aromatic hydroxyl groups is 2. The number of carboxylic acid groups (broad SMARTS) is 1. The molecule has 7 atom stereocenters. The second-order valence-corrected chi connectivity index (χ2v) is 21.7. The van der Waals surface area contributed by atoms with Crippen molar-refractivity contribution in [3.05, 3.63) is 132 Å². The maximum absolute atomic E-state index is 14.8. The highest BCUT2D eigenvalue weighted by Gasteiger charge is 2.40. The number of aromatic nitrogens is 1. The number of amides is 10. The third-order valence-electron chi connectivity index (χ3n) is 15.3. The van der Waals surface area contributed by atoms with Crippen molar-refractivity contribution in [1.29, 1.82) is 0 Å². The van der Waals surface area contributed by atoms with E-state index < -0.39 is 140 Å². The minimum atomic E-state index is -1.55. The summed E-state index contributed by atoms with van der Waals surface area (Å²) < 4.78 is 0. The number of aromatic amines is 1. The number of nitrogens with zero attached hydrogens (tertiary/aromatic N) is 2. The van der Waals surface area contributed by atoms with Crippen molar-refractivity contribution in [2.24, 2.45) is 0 Å². The lowest BCUT2D eigenvalue weighted by molar-refractivity contribution is -0.143. The number of rotatable bonds is 15. The van der Waals surface area contributed by atoms with Crippen LogP contribution in [0.25, 0.3) is 10.9 Å². The maximum atomic E-state index is 14.8. The first-order valence-corrected chi connectivity index (χ1v) is 29.0. The Labute approximate surface area is 502 Å². The van der Waals surface area contributed by atoms with E-state index in [1.807, 2.05) is 25.1 Å². The Hall–Kier alpha value is -9.81. The largest absolute Gasteiger partial charge is 0.508 e. The minimum Gasteiger partial charge on any atom is -0.508 e. The van der Waals surface area contributed by atoms with Crippen molar-refractivity contribution in [2.75, 3.05) is 33.2 Å². The second kappa shape index (κ2) is 31.4. The normalized spacial score (nSPS) is 22.2. The fourth-order valence-electron chi connectivity index (χ4n) is 10.5. The molecule has 0 aliphatic carbocycles. The molecule has 87 heavy (non-hydrogen) atoms. The SMILES string of the molecule is CCCCC[C@@H]1NC(=O)[C@H](Cc2ccc(O)cc2)NC(=O)[C@H](Cc2ccccc2)N(C)C(=O)CNC(=O)CNC(=O)[C@H]2CCCN2C(=O)[C@H](CCC(=O)O)NC(=O)[C@H](Cc2ccc(O)cc2)NC(=O)CNC(=O)[C@H](Cc2c[nH]c3ccccc23)NC1=O. The average Bonchev–Trinajstić information content (AvgIpc) is 3.79. The Bertz CT molecular complexity index is 3270. The number of hydrogen-bond acceptors (Lipinski definition) is 13. The quantitative estimate of drug-likeness (QED) is 0.0649. The molecule has 2 aliphatic heterocycles. The Morgan fingerprint density at radius 3 is 1.75 bits per heavy atom. The number of carbonyl (C=O) groups excluding carboxylic acids is 10. The lowest BCUT2D eigenvalue weighted by Gasteiger charge is -2.30. The molecule has 0 saturated carbocycles. The summed E-state index contributed by atoms with van der Waals surface area (Å²) >= 11 is 0. The summed E-state index contributed by atoms with van der Waals surface area (Å²) in [6, 6.07) is 17.9. The van der Waals surface area contributed by atoms with Crippen LogP contribution < -0.4 is 42.5 Å². The Balaban J connectivity index is 1.24. The monoisotopic (exact) mass is 1200 g/mol. The topological polar surface area (TPSA) is 367 Å². The highest BCUT2D eigenvalue weighted by atomic mass is 16.4. The number of aliphatic carboxylic acids is 1. The lowest BCUT2D eigenvalue weighted by Crippen LogP contribution is -2.60. The van der Waals surface area contributed by atoms with E-state index >= 15 is 0 Å². The van der Waals surface area contributed by atoms with E-state index in [1.165, 1.54) is 43.4 Å². The molecule has 7 rings (SSSR count). The zero-order valence-corrected chi connectivity index (χ0v) is 48.5. The number of fused-ring (bicyclic) bond motifs is 2. The van der Waals surface area contributed by atoms with Crippen molar-refractivity contribution in [3.8, 4) is 11.5 Å². The first-order chi connectivity index (χ1) is 41.8. The van der Waals surface area contributed by atoms with Gasteiger partial charge in [0, 0.05) is 62.8 Å². The first-order valence-electron chi connectivity index (χ1n) is 29.0. The number of phenolic OH excluding ortho intramolecular Hbond substituents is 2. The van der Waals surface area contributed by atoms with Crippen molar-refractivity contribution < 1.29 is 68.1 Å². The molecule has 25 heteroatoms. The molecule has 25 nitrogen and oxygen atoms in total. The van der Waals surface area contributed by atoms with Crippen LogP contribution in [0.4, 0.5) is 0 Å². The van der Waals surface area contributed by atoms with Gasteiger partial charge in [-0.1, -0.05) is 99.0 Å². The number of likely N-dealkylation sites (N-methyl/N-ethyl adjacent to an activating group) is 1. The van der Waals surface area contributed by atoms with Gasteiger partial charge in [-0.3, -0.25) is 52.7 Å². The number of para-hydroxylation sites is 1. The van der Waals surface area contributed by atoms with Crippen LogP contribution in [0.1, 0.15) is 80.5 Å². The molecule has 10 amide bonds. The molecule has 462 valence electrons. The fourth-order valence-corrected chi connectivity index (χ4v) is 10.5. The number of unbranched alkanes of at least 4 members (excludes halogenated alkanes) is 2. The lowest BCUT2D eigenvalue weighted by atomic mass is 10.00. The van der Waals surface area contributed by atoms with Crippen molar-refractivity contribution >= 4 is 75.9 Å². The van der Waals surface area contributed by atoms with Gasteiger partial charge in [-0.15, -0.1) is 0 Å². The van der Waals surface area contributed by atoms with Gasteiger partial charge < -0.3 is 72.6 Å². The summed E-state index contributed by atoms with van der Waals surface area (Å²) in [7, 11) is 1.35. The molecule has 3 heterocycles. The zero-order chi connectivity index (χ0) is 62.6. The Kier molecular flexibility index (Phi) is 23.3. The van der Waals surface area contributed by atoms with Gasteiger partial charge in [-0.25, -0.2) is 0 Å². The Morgan fingerprint density at radius 1 is 0.540 bits per heavy atom. The summed E-state index contributed by atoms with van der Waals surface area (Å²) in [4.78, 5) is 160. The Morgan fingerprint density at radius 2 is 1.09 bits per heavy atom. The number of H-pyrrole nitrogens is 1. The molecule has 2 fully saturated rings. The highest BCUT2D eigenvalue weighted by molar-refractivity contribution is 5.99. The van der Waals surface area contributed by atoms with Gasteiger partial charge in [-0.2, -0.15) is 0 Å². The van der Waals surface area contributed by atoms with Gasteiger partial charge in [0.25, 0.3) is 0 Å². The first kappa shape index (κ1) is 64.7. The number of nitrogens with one attached hydrogen (secondary N) is 9. The van der Waals surface area contributed by atoms with Crippen LogP contribution in [0.3, 0.4) is 0 Å². The van der Waals surface area contributed by atoms with Gasteiger partial charge in [0.2, 0.25) is 59.1 Å². The molecule has 0 bridgehead atoms. The number of benzene rings is 4. The maximum Gasteiger partial charge on any atom is 0.303 e. The van der Waals surface area contributed by atoms with Crippen LogP contribution in [0.5, 0.6) is 11.5 Å². The van der Waals surface area contributed by atoms with Crippen molar-refractivity contribution in [3.63, 3.8) is 0 Å². The van der Waals surface area contributed by atoms with Crippen LogP contribution in [-0.2, 0) is 78.4 Å². The fraction of sp³-hybridized carbons (Fsp3) is 0.403. The second-order valence-electron chi connectivity index (χ2n) is 21.7. The number of carbonyl (C=O) groups is 11. The van der Waals surface area contributed by atoms with Gasteiger partial charge >= 0.3 is 5.97 Å². The van der Waals surface area contributed by atoms with E-state index in [1.54, 1.807) is 54.7 Å². The van der Waals surface area contributed by atoms with Gasteiger partial charge in [0.15, 0.2) is 0 Å². The molecule has 0 spiro atoms. The van der Waals surface area contributed by atoms with Crippen molar-refractivity contribution in [1.82, 2.24) is 57.3 Å². The summed E-state index contributed by atoms with van der Waals surface area (Å²) in [5.41, 5.74) is 2.88. The van der Waals surface area contributed by atoms with Crippen LogP contribution in [0.2, 0.25) is 0 Å². The minimum absolute atomic E-state index is 0.0119. The molecular weight excluding hydrogens is 1120 g/mol. The summed E-state index contributed by atoms with van der Waals surface area (Å²) in [6.07, 6.45) is 2.36. The highest BCUT2D eigenvalue weighted by Crippen LogP contribution is 2.23. The predicted molar refractivity (Wildman–Crippen MR) is 317 cm³/mol. The van der Waals surface area contributed by atoms with E-state index in [0.29, 0.717) is 41.5 Å². The predicted octanol–water partition coefficient (Wildman–Crippen LogP) is 0.899. The average molecular weight is 1200 g/mol. The molecule has 0 unspecified atom stereocenters. The third kappa shape index (κ3) is 18.8.